The first-order valence-electron chi connectivity index (χ1n) is 15.7. The molecule has 46 heavy (non-hydrogen) atoms. The SMILES string of the molecule is C#Cc1cccc2cc(O)cc(-c3nc(C(F)F)c4c(N5CC6CCC(C5)N6)nc(OC[C@@]56CCCN5C[C@H](F)C6)nc4c3F)c12. The molecule has 2 N–H and O–H groups in total. The van der Waals surface area contributed by atoms with Gasteiger partial charge in [-0.1, -0.05) is 18.1 Å². The van der Waals surface area contributed by atoms with Crippen LogP contribution in [0.4, 0.5) is 23.4 Å². The molecule has 0 saturated carbocycles. The summed E-state index contributed by atoms with van der Waals surface area (Å²) in [4.78, 5) is 17.2. The molecule has 2 aromatic heterocycles. The van der Waals surface area contributed by atoms with Gasteiger partial charge in [-0.2, -0.15) is 9.97 Å². The lowest BCUT2D eigenvalue weighted by molar-refractivity contribution is 0.107. The molecular weight excluding hydrogens is 600 g/mol. The Bertz CT molecular complexity index is 1910. The molecule has 4 fully saturated rings. The number of ether oxygens (including phenoxy) is 1. The minimum Gasteiger partial charge on any atom is -0.508 e. The fraction of sp³-hybridized carbons (Fsp3) is 0.441. The van der Waals surface area contributed by atoms with E-state index in [4.69, 9.17) is 11.2 Å². The summed E-state index contributed by atoms with van der Waals surface area (Å²) in [5, 5.41) is 14.8. The molecule has 0 amide bonds. The molecule has 4 aliphatic rings. The van der Waals surface area contributed by atoms with E-state index >= 15 is 4.39 Å². The quantitative estimate of drug-likeness (QED) is 0.213. The number of rotatable bonds is 6. The number of aromatic nitrogens is 3. The second-order valence-electron chi connectivity index (χ2n) is 13.0. The Kier molecular flexibility index (Phi) is 6.95. The second kappa shape index (κ2) is 11.0. The second-order valence-corrected chi connectivity index (χ2v) is 13.0. The molecule has 2 bridgehead atoms. The van der Waals surface area contributed by atoms with Crippen molar-refractivity contribution < 1.29 is 27.4 Å². The summed E-state index contributed by atoms with van der Waals surface area (Å²) < 4.78 is 67.5. The number of fused-ring (bicyclic) bond motifs is 5. The van der Waals surface area contributed by atoms with E-state index in [1.807, 2.05) is 4.90 Å². The number of aromatic hydroxyl groups is 1. The number of piperazine rings is 1. The number of nitrogens with zero attached hydrogens (tertiary/aromatic N) is 5. The highest BCUT2D eigenvalue weighted by Crippen LogP contribution is 2.43. The first-order chi connectivity index (χ1) is 22.2. The number of phenols is 1. The number of terminal acetylenes is 1. The zero-order chi connectivity index (χ0) is 31.7. The van der Waals surface area contributed by atoms with E-state index in [9.17, 15) is 18.3 Å². The summed E-state index contributed by atoms with van der Waals surface area (Å²) in [6, 6.07) is 7.86. The molecule has 4 saturated heterocycles. The number of benzene rings is 2. The van der Waals surface area contributed by atoms with Crippen LogP contribution in [0.3, 0.4) is 0 Å². The summed E-state index contributed by atoms with van der Waals surface area (Å²) in [6.07, 6.45) is 5.51. The average molecular weight is 633 g/mol. The number of hydrogen-bond donors (Lipinski definition) is 2. The zero-order valence-electron chi connectivity index (χ0n) is 24.9. The summed E-state index contributed by atoms with van der Waals surface area (Å²) in [7, 11) is 0. The molecule has 2 unspecified atom stereocenters. The Labute approximate surface area is 262 Å². The van der Waals surface area contributed by atoms with Crippen molar-refractivity contribution in [1.29, 1.82) is 0 Å². The van der Waals surface area contributed by atoms with Crippen molar-refractivity contribution in [2.45, 2.75) is 62.3 Å². The van der Waals surface area contributed by atoms with E-state index < -0.39 is 35.3 Å². The van der Waals surface area contributed by atoms with Gasteiger partial charge in [0.1, 0.15) is 41.3 Å². The van der Waals surface area contributed by atoms with Crippen LogP contribution in [0.1, 0.15) is 49.8 Å². The highest BCUT2D eigenvalue weighted by molar-refractivity contribution is 6.03. The summed E-state index contributed by atoms with van der Waals surface area (Å²) in [5.74, 6) is 1.53. The normalized spacial score (nSPS) is 25.9. The molecule has 12 heteroatoms. The van der Waals surface area contributed by atoms with E-state index in [0.29, 0.717) is 42.4 Å². The fourth-order valence-corrected chi connectivity index (χ4v) is 8.13. The largest absolute Gasteiger partial charge is 0.508 e. The molecule has 8 rings (SSSR count). The predicted octanol–water partition coefficient (Wildman–Crippen LogP) is 5.50. The van der Waals surface area contributed by atoms with Gasteiger partial charge in [-0.05, 0) is 55.8 Å². The molecule has 0 spiro atoms. The first-order valence-corrected chi connectivity index (χ1v) is 15.7. The molecule has 2 aromatic carbocycles. The van der Waals surface area contributed by atoms with Gasteiger partial charge in [0.25, 0.3) is 6.43 Å². The van der Waals surface area contributed by atoms with Crippen LogP contribution >= 0.6 is 0 Å². The maximum atomic E-state index is 16.9. The van der Waals surface area contributed by atoms with Crippen molar-refractivity contribution in [3.63, 3.8) is 0 Å². The Morgan fingerprint density at radius 1 is 1.11 bits per heavy atom. The van der Waals surface area contributed by atoms with Crippen molar-refractivity contribution in [1.82, 2.24) is 25.2 Å². The minimum absolute atomic E-state index is 0.0631. The van der Waals surface area contributed by atoms with Gasteiger partial charge >= 0.3 is 6.01 Å². The van der Waals surface area contributed by atoms with Gasteiger partial charge in [0.2, 0.25) is 0 Å². The Morgan fingerprint density at radius 2 is 1.91 bits per heavy atom. The van der Waals surface area contributed by atoms with E-state index in [0.717, 1.165) is 32.2 Å². The lowest BCUT2D eigenvalue weighted by atomic mass is 9.95. The summed E-state index contributed by atoms with van der Waals surface area (Å²) in [6.45, 7) is 2.15. The zero-order valence-corrected chi connectivity index (χ0v) is 24.9. The predicted molar refractivity (Wildman–Crippen MR) is 165 cm³/mol. The van der Waals surface area contributed by atoms with Gasteiger partial charge in [0.15, 0.2) is 5.82 Å². The van der Waals surface area contributed by atoms with Gasteiger partial charge in [0.05, 0.1) is 10.9 Å². The van der Waals surface area contributed by atoms with E-state index in [2.05, 4.69) is 31.1 Å². The van der Waals surface area contributed by atoms with Gasteiger partial charge in [-0.15, -0.1) is 6.42 Å². The topological polar surface area (TPSA) is 86.6 Å². The number of nitrogens with one attached hydrogen (secondary N) is 1. The number of pyridine rings is 1. The molecule has 238 valence electrons. The van der Waals surface area contributed by atoms with Crippen molar-refractivity contribution in [2.75, 3.05) is 37.7 Å². The standard InChI is InChI=1S/C34H32F4N6O2/c1-2-18-5-3-6-19-11-23(45)12-24(25(18)19)28-27(36)29-26(30(40-28)31(37)38)32(43-15-21-7-8-22(16-43)39-21)42-33(41-29)46-17-34-9-4-10-44(34)14-20(35)13-34/h1,3,5-6,11-12,20-22,31,39,45H,4,7-10,13-17H2/t20-,21?,22?,34+/m1/s1. The molecule has 4 aromatic rings. The average Bonchev–Trinajstić information content (AvgIpc) is 3.69. The maximum Gasteiger partial charge on any atom is 0.319 e. The van der Waals surface area contributed by atoms with Gasteiger partial charge in [-0.3, -0.25) is 4.90 Å². The van der Waals surface area contributed by atoms with Crippen LogP contribution in [0.15, 0.2) is 30.3 Å². The fourth-order valence-electron chi connectivity index (χ4n) is 8.13. The first kappa shape index (κ1) is 29.2. The number of hydrogen-bond acceptors (Lipinski definition) is 8. The van der Waals surface area contributed by atoms with E-state index in [1.54, 1.807) is 18.2 Å². The molecule has 6 heterocycles. The van der Waals surface area contributed by atoms with Crippen LogP contribution in [-0.4, -0.2) is 81.5 Å². The Hall–Kier alpha value is -4.21. The number of phenolic OH excluding ortho intramolecular Hbond substituents is 1. The van der Waals surface area contributed by atoms with Crippen molar-refractivity contribution >= 4 is 27.5 Å². The van der Waals surface area contributed by atoms with Crippen LogP contribution in [0.5, 0.6) is 11.8 Å². The van der Waals surface area contributed by atoms with Crippen LogP contribution in [0.25, 0.3) is 32.9 Å². The lowest BCUT2D eigenvalue weighted by Gasteiger charge is -2.35. The highest BCUT2D eigenvalue weighted by Gasteiger charge is 2.49. The lowest BCUT2D eigenvalue weighted by Crippen LogP contribution is -2.51. The van der Waals surface area contributed by atoms with Crippen molar-refractivity contribution in [3.8, 4) is 35.4 Å². The summed E-state index contributed by atoms with van der Waals surface area (Å²) in [5.41, 5.74) is -1.53. The third kappa shape index (κ3) is 4.71. The van der Waals surface area contributed by atoms with Crippen molar-refractivity contribution in [3.05, 3.63) is 47.4 Å². The monoisotopic (exact) mass is 632 g/mol. The van der Waals surface area contributed by atoms with Crippen LogP contribution in [0.2, 0.25) is 0 Å². The van der Waals surface area contributed by atoms with Gasteiger partial charge < -0.3 is 20.1 Å². The molecule has 4 atom stereocenters. The number of anilines is 1. The number of halogens is 4. The third-order valence-corrected chi connectivity index (χ3v) is 10.1. The van der Waals surface area contributed by atoms with Gasteiger partial charge in [0, 0.05) is 54.7 Å². The molecule has 0 radical (unpaired) electrons. The van der Waals surface area contributed by atoms with E-state index in [-0.39, 0.29) is 52.7 Å². The summed E-state index contributed by atoms with van der Waals surface area (Å²) >= 11 is 0. The van der Waals surface area contributed by atoms with Crippen LogP contribution < -0.4 is 15.0 Å². The third-order valence-electron chi connectivity index (χ3n) is 10.1. The molecule has 8 nitrogen and oxygen atoms in total. The van der Waals surface area contributed by atoms with Crippen LogP contribution in [0, 0.1) is 18.2 Å². The highest BCUT2D eigenvalue weighted by atomic mass is 19.3. The smallest absolute Gasteiger partial charge is 0.319 e. The Morgan fingerprint density at radius 3 is 2.67 bits per heavy atom. The van der Waals surface area contributed by atoms with Crippen LogP contribution in [-0.2, 0) is 0 Å². The Balaban J connectivity index is 1.33. The molecule has 4 aliphatic heterocycles. The number of alkyl halides is 3. The van der Waals surface area contributed by atoms with E-state index in [1.165, 1.54) is 12.1 Å². The van der Waals surface area contributed by atoms with Gasteiger partial charge in [-0.25, -0.2) is 22.5 Å². The molecular formula is C34H32F4N6O2. The molecule has 0 aliphatic carbocycles. The minimum atomic E-state index is -3.10. The van der Waals surface area contributed by atoms with Crippen molar-refractivity contribution in [2.24, 2.45) is 0 Å². The maximum absolute atomic E-state index is 16.9.